The molecule has 28 heavy (non-hydrogen) atoms. The number of nitrogens with one attached hydrogen (secondary N) is 1. The lowest BCUT2D eigenvalue weighted by molar-refractivity contribution is -0.141. The molecule has 1 N–H and O–H groups in total. The second-order valence-corrected chi connectivity index (χ2v) is 7.07. The normalized spacial score (nSPS) is 11.4. The highest BCUT2D eigenvalue weighted by molar-refractivity contribution is 5.81. The first-order valence-electron chi connectivity index (χ1n) is 10.9. The van der Waals surface area contributed by atoms with Gasteiger partial charge in [0.2, 0.25) is 5.91 Å². The van der Waals surface area contributed by atoms with Crippen LogP contribution in [0.3, 0.4) is 0 Å². The van der Waals surface area contributed by atoms with Gasteiger partial charge in [0.15, 0.2) is 0 Å². The molecular formula is C23H40FNO3. The number of halogens is 1. The Labute approximate surface area is 171 Å². The van der Waals surface area contributed by atoms with Gasteiger partial charge in [0.1, 0.15) is 6.54 Å². The van der Waals surface area contributed by atoms with Crippen molar-refractivity contribution in [2.75, 3.05) is 20.3 Å². The van der Waals surface area contributed by atoms with Crippen molar-refractivity contribution in [3.8, 4) is 0 Å². The molecule has 0 aromatic rings. The van der Waals surface area contributed by atoms with Gasteiger partial charge in [0.05, 0.1) is 13.8 Å². The fourth-order valence-corrected chi connectivity index (χ4v) is 2.77. The Morgan fingerprint density at radius 2 is 1.21 bits per heavy atom. The molecule has 0 saturated carbocycles. The molecule has 0 aromatic heterocycles. The lowest BCUT2D eigenvalue weighted by Gasteiger charge is -2.02. The lowest BCUT2D eigenvalue weighted by Crippen LogP contribution is -2.29. The lowest BCUT2D eigenvalue weighted by atomic mass is 10.1. The molecule has 0 rings (SSSR count). The van der Waals surface area contributed by atoms with E-state index >= 15 is 0 Å². The molecule has 0 aliphatic carbocycles. The van der Waals surface area contributed by atoms with E-state index < -0.39 is 5.97 Å². The van der Waals surface area contributed by atoms with Crippen LogP contribution in [0.1, 0.15) is 89.9 Å². The van der Waals surface area contributed by atoms with Gasteiger partial charge in [-0.05, 0) is 57.8 Å². The molecule has 0 saturated heterocycles. The molecule has 0 radical (unpaired) electrons. The topological polar surface area (TPSA) is 55.4 Å². The summed E-state index contributed by atoms with van der Waals surface area (Å²) in [6.07, 6.45) is 23.5. The van der Waals surface area contributed by atoms with Gasteiger partial charge < -0.3 is 10.1 Å². The van der Waals surface area contributed by atoms with Crippen LogP contribution in [0.5, 0.6) is 0 Å². The molecular weight excluding hydrogens is 357 g/mol. The smallest absolute Gasteiger partial charge is 0.325 e. The number of methoxy groups -OCH3 is 1. The Balaban J connectivity index is 3.28. The zero-order valence-corrected chi connectivity index (χ0v) is 17.7. The number of amides is 1. The number of unbranched alkanes of at least 4 members (excludes halogenated alkanes) is 10. The monoisotopic (exact) mass is 397 g/mol. The number of allylic oxidation sites excluding steroid dienone is 4. The number of rotatable bonds is 19. The molecule has 0 unspecified atom stereocenters. The van der Waals surface area contributed by atoms with Gasteiger partial charge >= 0.3 is 5.97 Å². The Hall–Kier alpha value is -1.65. The number of esters is 1. The zero-order chi connectivity index (χ0) is 20.7. The van der Waals surface area contributed by atoms with Crippen LogP contribution < -0.4 is 5.32 Å². The standard InChI is InChI=1S/C23H40FNO3/c1-28-23(27)21-25-22(26)19-17-15-13-11-9-7-5-3-2-4-6-8-10-12-14-16-18-20-24/h8,10-11,13H,2-7,9,12,14-21H2,1H3,(H,25,26)/b10-8-,13-11-. The minimum atomic E-state index is -0.425. The summed E-state index contributed by atoms with van der Waals surface area (Å²) in [5, 5.41) is 2.54. The average Bonchev–Trinajstić information content (AvgIpc) is 2.71. The van der Waals surface area contributed by atoms with E-state index in [1.807, 2.05) is 0 Å². The van der Waals surface area contributed by atoms with Gasteiger partial charge in [0, 0.05) is 6.42 Å². The summed E-state index contributed by atoms with van der Waals surface area (Å²) in [6.45, 7) is -0.235. The summed E-state index contributed by atoms with van der Waals surface area (Å²) in [5.74, 6) is -0.531. The number of carbonyl (C=O) groups is 2. The Morgan fingerprint density at radius 1 is 0.750 bits per heavy atom. The van der Waals surface area contributed by atoms with E-state index in [1.165, 1.54) is 39.2 Å². The third kappa shape index (κ3) is 20.7. The van der Waals surface area contributed by atoms with Gasteiger partial charge in [-0.15, -0.1) is 0 Å². The minimum absolute atomic E-state index is 0.0525. The summed E-state index contributed by atoms with van der Waals surface area (Å²) in [4.78, 5) is 22.4. The Morgan fingerprint density at radius 3 is 1.71 bits per heavy atom. The fraction of sp³-hybridized carbons (Fsp3) is 0.739. The third-order valence-electron chi connectivity index (χ3n) is 4.51. The summed E-state index contributed by atoms with van der Waals surface area (Å²) >= 11 is 0. The van der Waals surface area contributed by atoms with Gasteiger partial charge in [-0.1, -0.05) is 50.0 Å². The number of hydrogen-bond donors (Lipinski definition) is 1. The quantitative estimate of drug-likeness (QED) is 0.170. The molecule has 0 fully saturated rings. The van der Waals surface area contributed by atoms with Crippen molar-refractivity contribution in [1.82, 2.24) is 5.32 Å². The van der Waals surface area contributed by atoms with Crippen LogP contribution >= 0.6 is 0 Å². The van der Waals surface area contributed by atoms with Gasteiger partial charge in [-0.2, -0.15) is 0 Å². The first-order valence-corrected chi connectivity index (χ1v) is 10.9. The predicted molar refractivity (Wildman–Crippen MR) is 114 cm³/mol. The molecule has 1 amide bonds. The van der Waals surface area contributed by atoms with Crippen LogP contribution in [-0.4, -0.2) is 32.2 Å². The molecule has 0 atom stereocenters. The van der Waals surface area contributed by atoms with E-state index in [-0.39, 0.29) is 19.1 Å². The fourth-order valence-electron chi connectivity index (χ4n) is 2.77. The molecule has 0 bridgehead atoms. The van der Waals surface area contributed by atoms with Crippen molar-refractivity contribution in [1.29, 1.82) is 0 Å². The largest absolute Gasteiger partial charge is 0.468 e. The third-order valence-corrected chi connectivity index (χ3v) is 4.51. The first-order chi connectivity index (χ1) is 13.7. The molecule has 5 heteroatoms. The highest BCUT2D eigenvalue weighted by atomic mass is 19.1. The Kier molecular flexibility index (Phi) is 20.4. The van der Waals surface area contributed by atoms with Crippen LogP contribution in [-0.2, 0) is 14.3 Å². The highest BCUT2D eigenvalue weighted by Gasteiger charge is 2.03. The number of hydrogen-bond acceptors (Lipinski definition) is 3. The average molecular weight is 398 g/mol. The molecule has 162 valence electrons. The second kappa shape index (κ2) is 21.6. The van der Waals surface area contributed by atoms with E-state index in [1.54, 1.807) is 0 Å². The van der Waals surface area contributed by atoms with Crippen molar-refractivity contribution in [2.45, 2.75) is 89.9 Å². The predicted octanol–water partition coefficient (Wildman–Crippen LogP) is 5.82. The van der Waals surface area contributed by atoms with Crippen molar-refractivity contribution < 1.29 is 18.7 Å². The van der Waals surface area contributed by atoms with Crippen LogP contribution in [0.4, 0.5) is 4.39 Å². The number of alkyl halides is 1. The molecule has 0 aliphatic rings. The van der Waals surface area contributed by atoms with Crippen molar-refractivity contribution in [2.24, 2.45) is 0 Å². The zero-order valence-electron chi connectivity index (χ0n) is 17.7. The van der Waals surface area contributed by atoms with Gasteiger partial charge in [0.25, 0.3) is 0 Å². The summed E-state index contributed by atoms with van der Waals surface area (Å²) < 4.78 is 16.4. The van der Waals surface area contributed by atoms with Gasteiger partial charge in [-0.25, -0.2) is 0 Å². The van der Waals surface area contributed by atoms with Crippen molar-refractivity contribution in [3.05, 3.63) is 24.3 Å². The van der Waals surface area contributed by atoms with Crippen LogP contribution in [0.15, 0.2) is 24.3 Å². The van der Waals surface area contributed by atoms with Crippen molar-refractivity contribution in [3.63, 3.8) is 0 Å². The van der Waals surface area contributed by atoms with Gasteiger partial charge in [-0.3, -0.25) is 14.0 Å². The van der Waals surface area contributed by atoms with E-state index in [0.29, 0.717) is 12.8 Å². The number of ether oxygens (including phenoxy) is 1. The Bertz CT molecular complexity index is 436. The molecule has 0 aromatic carbocycles. The van der Waals surface area contributed by atoms with E-state index in [0.717, 1.165) is 44.9 Å². The maximum Gasteiger partial charge on any atom is 0.325 e. The summed E-state index contributed by atoms with van der Waals surface area (Å²) in [5.41, 5.74) is 0. The first kappa shape index (κ1) is 26.4. The summed E-state index contributed by atoms with van der Waals surface area (Å²) in [6, 6.07) is 0. The molecule has 0 aliphatic heterocycles. The van der Waals surface area contributed by atoms with Crippen LogP contribution in [0, 0.1) is 0 Å². The van der Waals surface area contributed by atoms with E-state index in [9.17, 15) is 14.0 Å². The SMILES string of the molecule is COC(=O)CNC(=O)CCC/C=C\CCCCCCC/C=C\CCCCCF. The van der Waals surface area contributed by atoms with Crippen LogP contribution in [0.25, 0.3) is 0 Å². The highest BCUT2D eigenvalue weighted by Crippen LogP contribution is 2.09. The van der Waals surface area contributed by atoms with E-state index in [2.05, 4.69) is 34.4 Å². The molecule has 4 nitrogen and oxygen atoms in total. The van der Waals surface area contributed by atoms with Crippen molar-refractivity contribution >= 4 is 11.9 Å². The summed E-state index contributed by atoms with van der Waals surface area (Å²) in [7, 11) is 1.30. The maximum absolute atomic E-state index is 11.9. The maximum atomic E-state index is 11.9. The molecule has 0 spiro atoms. The molecule has 0 heterocycles. The second-order valence-electron chi connectivity index (χ2n) is 7.07. The van der Waals surface area contributed by atoms with Crippen LogP contribution in [0.2, 0.25) is 0 Å². The van der Waals surface area contributed by atoms with E-state index in [4.69, 9.17) is 0 Å². The number of carbonyl (C=O) groups excluding carboxylic acids is 2. The minimum Gasteiger partial charge on any atom is -0.468 e.